The fourth-order valence-electron chi connectivity index (χ4n) is 0.359. The maximum absolute atomic E-state index is 5.32. The van der Waals surface area contributed by atoms with Gasteiger partial charge in [-0.3, -0.25) is 0 Å². The topological polar surface area (TPSA) is 26.0 Å². The molecule has 0 bridgehead atoms. The van der Waals surface area contributed by atoms with E-state index in [4.69, 9.17) is 5.73 Å². The van der Waals surface area contributed by atoms with Gasteiger partial charge in [0.1, 0.15) is 0 Å². The van der Waals surface area contributed by atoms with Crippen molar-refractivity contribution in [1.82, 2.24) is 0 Å². The first-order valence-electron chi connectivity index (χ1n) is 1.98. The maximum atomic E-state index is 5.32. The van der Waals surface area contributed by atoms with Crippen molar-refractivity contribution in [3.63, 3.8) is 0 Å². The minimum absolute atomic E-state index is 0.440. The molecule has 29 valence electrons. The van der Waals surface area contributed by atoms with Crippen LogP contribution >= 0.6 is 0 Å². The van der Waals surface area contributed by atoms with Gasteiger partial charge in [-0.25, -0.2) is 0 Å². The van der Waals surface area contributed by atoms with Crippen LogP contribution < -0.4 is 5.73 Å². The highest BCUT2D eigenvalue weighted by Crippen LogP contribution is 2.12. The molecule has 1 nitrogen and oxygen atoms in total. The molecule has 0 spiro atoms. The first-order valence-corrected chi connectivity index (χ1v) is 1.98. The third kappa shape index (κ3) is 0.428. The van der Waals surface area contributed by atoms with Gasteiger partial charge in [0.15, 0.2) is 0 Å². The molecule has 0 aliphatic heterocycles. The molecule has 5 heavy (non-hydrogen) atoms. The van der Waals surface area contributed by atoms with E-state index in [9.17, 15) is 0 Å². The Morgan fingerprint density at radius 3 is 2.20 bits per heavy atom. The standard InChI is InChI=1S/C4H8N/c5-4-2-1-3-4/h2,4H,1,3,5H2. The predicted octanol–water partition coefficient (Wildman–Crippen LogP) is 0.312. The molecule has 0 heterocycles. The quantitative estimate of drug-likeness (QED) is 0.436. The maximum Gasteiger partial charge on any atom is 0.00705 e. The molecule has 0 aromatic rings. The molecule has 1 atom stereocenters. The van der Waals surface area contributed by atoms with Gasteiger partial charge in [-0.15, -0.1) is 0 Å². The normalized spacial score (nSPS) is 25.8. The lowest BCUT2D eigenvalue weighted by Gasteiger charge is -2.18. The summed E-state index contributed by atoms with van der Waals surface area (Å²) in [5.74, 6) is 0. The van der Waals surface area contributed by atoms with Crippen LogP contribution in [0.1, 0.15) is 12.8 Å². The highest BCUT2D eigenvalue weighted by atomic mass is 14.6. The van der Waals surface area contributed by atoms with Gasteiger partial charge in [0.25, 0.3) is 0 Å². The smallest absolute Gasteiger partial charge is 0.00705 e. The molecule has 1 heteroatoms. The zero-order valence-electron chi connectivity index (χ0n) is 3.15. The van der Waals surface area contributed by atoms with Crippen LogP contribution in [0.4, 0.5) is 0 Å². The largest absolute Gasteiger partial charge is 0.327 e. The Balaban J connectivity index is 2.08. The molecule has 0 aromatic heterocycles. The first-order chi connectivity index (χ1) is 2.39. The van der Waals surface area contributed by atoms with Gasteiger partial charge in [0.05, 0.1) is 0 Å². The van der Waals surface area contributed by atoms with Crippen molar-refractivity contribution < 1.29 is 0 Å². The lowest BCUT2D eigenvalue weighted by molar-refractivity contribution is 0.546. The summed E-state index contributed by atoms with van der Waals surface area (Å²) in [6, 6.07) is 0.440. The molecule has 1 saturated carbocycles. The minimum Gasteiger partial charge on any atom is -0.327 e. The van der Waals surface area contributed by atoms with Crippen molar-refractivity contribution in [3.05, 3.63) is 6.42 Å². The molecular formula is C4H8N. The molecule has 1 unspecified atom stereocenters. The Morgan fingerprint density at radius 1 is 1.80 bits per heavy atom. The first kappa shape index (κ1) is 3.16. The van der Waals surface area contributed by atoms with Crippen LogP contribution in [-0.2, 0) is 0 Å². The van der Waals surface area contributed by atoms with E-state index in [2.05, 4.69) is 6.42 Å². The van der Waals surface area contributed by atoms with E-state index in [1.54, 1.807) is 0 Å². The van der Waals surface area contributed by atoms with E-state index in [0.717, 1.165) is 0 Å². The lowest BCUT2D eigenvalue weighted by Crippen LogP contribution is -2.28. The average Bonchev–Trinajstić information content (AvgIpc) is 1.30. The van der Waals surface area contributed by atoms with Crippen molar-refractivity contribution in [1.29, 1.82) is 0 Å². The second-order valence-electron chi connectivity index (χ2n) is 1.48. The Bertz CT molecular complexity index is 30.6. The second kappa shape index (κ2) is 0.977. The molecule has 2 N–H and O–H groups in total. The highest BCUT2D eigenvalue weighted by Gasteiger charge is 2.10. The van der Waals surface area contributed by atoms with E-state index in [1.165, 1.54) is 12.8 Å². The van der Waals surface area contributed by atoms with Crippen molar-refractivity contribution in [2.75, 3.05) is 0 Å². The summed E-state index contributed by atoms with van der Waals surface area (Å²) in [6.45, 7) is 0. The highest BCUT2D eigenvalue weighted by molar-refractivity contribution is 4.90. The third-order valence-corrected chi connectivity index (χ3v) is 0.969. The van der Waals surface area contributed by atoms with Gasteiger partial charge in [0, 0.05) is 6.04 Å². The summed E-state index contributed by atoms with van der Waals surface area (Å²) in [5.41, 5.74) is 5.32. The molecular weight excluding hydrogens is 62.1 g/mol. The minimum atomic E-state index is 0.440. The predicted molar refractivity (Wildman–Crippen MR) is 21.5 cm³/mol. The summed E-state index contributed by atoms with van der Waals surface area (Å²) >= 11 is 0. The Labute approximate surface area is 32.2 Å². The zero-order valence-corrected chi connectivity index (χ0v) is 3.15. The molecule has 1 aliphatic carbocycles. The van der Waals surface area contributed by atoms with Gasteiger partial charge < -0.3 is 5.73 Å². The summed E-state index contributed by atoms with van der Waals surface area (Å²) in [4.78, 5) is 0. The monoisotopic (exact) mass is 70.1 g/mol. The molecule has 0 amide bonds. The van der Waals surface area contributed by atoms with Crippen LogP contribution in [0.5, 0.6) is 0 Å². The van der Waals surface area contributed by atoms with E-state index >= 15 is 0 Å². The van der Waals surface area contributed by atoms with E-state index in [-0.39, 0.29) is 0 Å². The van der Waals surface area contributed by atoms with Gasteiger partial charge in [-0.1, -0.05) is 0 Å². The Kier molecular flexibility index (Phi) is 0.618. The summed E-state index contributed by atoms with van der Waals surface area (Å²) in [7, 11) is 0. The summed E-state index contributed by atoms with van der Waals surface area (Å²) in [5, 5.41) is 0. The molecule has 0 aromatic carbocycles. The van der Waals surface area contributed by atoms with E-state index in [1.807, 2.05) is 0 Å². The zero-order chi connectivity index (χ0) is 3.70. The van der Waals surface area contributed by atoms with Crippen LogP contribution in [-0.4, -0.2) is 6.04 Å². The van der Waals surface area contributed by atoms with E-state index in [0.29, 0.717) is 6.04 Å². The molecule has 1 aliphatic rings. The second-order valence-corrected chi connectivity index (χ2v) is 1.48. The van der Waals surface area contributed by atoms with Crippen molar-refractivity contribution in [3.8, 4) is 0 Å². The molecule has 1 fully saturated rings. The van der Waals surface area contributed by atoms with Crippen LogP contribution in [0.2, 0.25) is 0 Å². The Morgan fingerprint density at radius 2 is 2.20 bits per heavy atom. The SMILES string of the molecule is NC1[CH]CC1. The third-order valence-electron chi connectivity index (χ3n) is 0.969. The van der Waals surface area contributed by atoms with Crippen LogP contribution in [0, 0.1) is 6.42 Å². The molecule has 0 saturated heterocycles. The number of nitrogens with two attached hydrogens (primary N) is 1. The van der Waals surface area contributed by atoms with Crippen LogP contribution in [0.3, 0.4) is 0 Å². The number of hydrogen-bond donors (Lipinski definition) is 1. The molecule has 1 radical (unpaired) electrons. The average molecular weight is 70.1 g/mol. The van der Waals surface area contributed by atoms with E-state index < -0.39 is 0 Å². The number of rotatable bonds is 0. The molecule has 1 rings (SSSR count). The summed E-state index contributed by atoms with van der Waals surface area (Å²) < 4.78 is 0. The lowest BCUT2D eigenvalue weighted by atomic mass is 9.95. The van der Waals surface area contributed by atoms with Crippen LogP contribution in [0.25, 0.3) is 0 Å². The Hall–Kier alpha value is -0.0400. The van der Waals surface area contributed by atoms with Crippen molar-refractivity contribution >= 4 is 0 Å². The van der Waals surface area contributed by atoms with Crippen molar-refractivity contribution in [2.24, 2.45) is 5.73 Å². The van der Waals surface area contributed by atoms with Gasteiger partial charge in [0.2, 0.25) is 0 Å². The van der Waals surface area contributed by atoms with Gasteiger partial charge in [-0.05, 0) is 19.3 Å². The van der Waals surface area contributed by atoms with Gasteiger partial charge in [-0.2, -0.15) is 0 Å². The fraction of sp³-hybridized carbons (Fsp3) is 0.750. The number of hydrogen-bond acceptors (Lipinski definition) is 1. The van der Waals surface area contributed by atoms with Gasteiger partial charge >= 0.3 is 0 Å². The summed E-state index contributed by atoms with van der Waals surface area (Å²) in [6.07, 6.45) is 4.57. The van der Waals surface area contributed by atoms with Crippen molar-refractivity contribution in [2.45, 2.75) is 18.9 Å². The fourth-order valence-corrected chi connectivity index (χ4v) is 0.359. The van der Waals surface area contributed by atoms with Crippen LogP contribution in [0.15, 0.2) is 0 Å².